The number of ether oxygens (including phenoxy) is 1. The first-order valence-electron chi connectivity index (χ1n) is 15.8. The number of phenolic OH excluding ortho intramolecular Hbond substituents is 1. The van der Waals surface area contributed by atoms with Crippen LogP contribution in [0.1, 0.15) is 88.5 Å². The molecule has 6 aliphatic rings. The van der Waals surface area contributed by atoms with Gasteiger partial charge >= 0.3 is 0 Å². The first-order chi connectivity index (χ1) is 20.3. The Bertz CT molecular complexity index is 1360. The fraction of sp³-hybridized carbons (Fsp3) is 0.636. The summed E-state index contributed by atoms with van der Waals surface area (Å²) < 4.78 is 6.11. The first kappa shape index (κ1) is 28.3. The maximum absolute atomic E-state index is 14.3. The van der Waals surface area contributed by atoms with E-state index in [1.54, 1.807) is 15.9 Å². The zero-order valence-corrected chi connectivity index (χ0v) is 26.3. The minimum absolute atomic E-state index is 0.0284. The molecule has 0 bridgehead atoms. The van der Waals surface area contributed by atoms with E-state index < -0.39 is 29.6 Å². The maximum atomic E-state index is 14.3. The molecule has 7 rings (SSSR count). The number of carbonyl (C=O) groups is 4. The Morgan fingerprint density at radius 2 is 1.33 bits per heavy atom. The highest BCUT2D eigenvalue weighted by molar-refractivity contribution is 14.1. The summed E-state index contributed by atoms with van der Waals surface area (Å²) in [5, 5.41) is 10.6. The number of aromatic hydroxyl groups is 1. The van der Waals surface area contributed by atoms with Gasteiger partial charge in [0.25, 0.3) is 0 Å². The van der Waals surface area contributed by atoms with Crippen LogP contribution < -0.4 is 4.74 Å². The molecule has 2 heterocycles. The summed E-state index contributed by atoms with van der Waals surface area (Å²) in [4.78, 5) is 59.5. The largest absolute Gasteiger partial charge is 0.504 e. The topological polar surface area (TPSA) is 104 Å². The van der Waals surface area contributed by atoms with Gasteiger partial charge in [0.05, 0.1) is 34.4 Å². The quantitative estimate of drug-likeness (QED) is 0.262. The van der Waals surface area contributed by atoms with E-state index >= 15 is 0 Å². The average molecular weight is 687 g/mol. The lowest BCUT2D eigenvalue weighted by Gasteiger charge is -2.44. The van der Waals surface area contributed by atoms with E-state index in [2.05, 4.69) is 28.7 Å². The Labute approximate surface area is 260 Å². The Morgan fingerprint density at radius 3 is 1.93 bits per heavy atom. The van der Waals surface area contributed by atoms with Gasteiger partial charge in [0.2, 0.25) is 23.6 Å². The summed E-state index contributed by atoms with van der Waals surface area (Å²) in [6, 6.07) is 3.57. The number of imide groups is 2. The summed E-state index contributed by atoms with van der Waals surface area (Å²) in [5.41, 5.74) is 1.81. The van der Waals surface area contributed by atoms with Gasteiger partial charge in [-0.15, -0.1) is 0 Å². The van der Waals surface area contributed by atoms with E-state index in [4.69, 9.17) is 4.74 Å². The van der Waals surface area contributed by atoms with Crippen LogP contribution in [0.2, 0.25) is 0 Å². The predicted octanol–water partition coefficient (Wildman–Crippen LogP) is 5.31. The van der Waals surface area contributed by atoms with E-state index in [1.807, 2.05) is 6.07 Å². The van der Waals surface area contributed by atoms with Gasteiger partial charge in [0.15, 0.2) is 11.5 Å². The second kappa shape index (κ2) is 10.9. The Morgan fingerprint density at radius 1 is 0.762 bits per heavy atom. The number of nitrogens with zero attached hydrogens (tertiary/aromatic N) is 2. The van der Waals surface area contributed by atoms with E-state index in [1.165, 1.54) is 7.11 Å². The number of allylic oxidation sites excluding steroid dienone is 2. The molecular weight excluding hydrogens is 647 g/mol. The number of halogens is 1. The zero-order chi connectivity index (χ0) is 29.3. The van der Waals surface area contributed by atoms with Gasteiger partial charge in [-0.25, -0.2) is 0 Å². The molecule has 0 aromatic heterocycles. The van der Waals surface area contributed by atoms with Crippen molar-refractivity contribution in [2.75, 3.05) is 7.11 Å². The second-order valence-electron chi connectivity index (χ2n) is 13.3. The molecule has 4 aliphatic carbocycles. The average Bonchev–Trinajstić information content (AvgIpc) is 3.41. The third-order valence-electron chi connectivity index (χ3n) is 11.2. The highest BCUT2D eigenvalue weighted by atomic mass is 127. The number of likely N-dealkylation sites (tertiary alicyclic amines) is 2. The number of benzene rings is 1. The number of fused-ring (bicyclic) bond motifs is 4. The van der Waals surface area contributed by atoms with Crippen LogP contribution in [-0.2, 0) is 19.2 Å². The lowest BCUT2D eigenvalue weighted by molar-refractivity contribution is -0.145. The number of phenols is 1. The zero-order valence-electron chi connectivity index (χ0n) is 24.1. The Balaban J connectivity index is 1.32. The number of amides is 4. The van der Waals surface area contributed by atoms with Crippen molar-refractivity contribution in [3.05, 3.63) is 32.9 Å². The van der Waals surface area contributed by atoms with Crippen LogP contribution in [0.4, 0.5) is 0 Å². The van der Waals surface area contributed by atoms with Crippen LogP contribution in [0, 0.1) is 33.2 Å². The molecule has 42 heavy (non-hydrogen) atoms. The first-order valence-corrected chi connectivity index (χ1v) is 16.9. The van der Waals surface area contributed by atoms with Crippen molar-refractivity contribution in [2.24, 2.45) is 29.6 Å². The molecule has 8 nitrogen and oxygen atoms in total. The molecular formula is C33H39IN2O6. The third-order valence-corrected chi connectivity index (χ3v) is 12.0. The number of methoxy groups -OCH3 is 1. The van der Waals surface area contributed by atoms with E-state index in [-0.39, 0.29) is 47.4 Å². The number of rotatable bonds is 4. The molecule has 1 aromatic carbocycles. The lowest BCUT2D eigenvalue weighted by Crippen LogP contribution is -2.44. The number of hydrogen-bond donors (Lipinski definition) is 1. The van der Waals surface area contributed by atoms with E-state index in [9.17, 15) is 24.3 Å². The summed E-state index contributed by atoms with van der Waals surface area (Å²) in [6.45, 7) is 0. The number of carbonyl (C=O) groups excluding carboxylic acids is 4. The molecule has 4 amide bonds. The van der Waals surface area contributed by atoms with Crippen molar-refractivity contribution < 1.29 is 29.0 Å². The molecule has 224 valence electrons. The Kier molecular flexibility index (Phi) is 7.38. The van der Waals surface area contributed by atoms with Crippen molar-refractivity contribution in [2.45, 2.75) is 95.1 Å². The van der Waals surface area contributed by atoms with Crippen LogP contribution in [0.3, 0.4) is 0 Å². The molecule has 1 aromatic rings. The molecule has 5 fully saturated rings. The highest BCUT2D eigenvalue weighted by Gasteiger charge is 2.63. The van der Waals surface area contributed by atoms with Crippen molar-refractivity contribution in [1.82, 2.24) is 9.80 Å². The monoisotopic (exact) mass is 686 g/mol. The standard InChI is InChI=1S/C33H39IN2O6/c1-42-25-15-17(14-24(34)29(25)37)26-20-12-13-21-27(32(40)35(30(21)38)18-8-4-2-5-9-18)22(20)16-23-28(26)33(41)36(31(23)39)19-10-6-3-7-11-19/h12,14-15,18-19,21-23,26-28,37H,2-11,13,16H2,1H3/t21-,22+,23+,26-,27-,28+/m0/s1. The molecule has 9 heteroatoms. The van der Waals surface area contributed by atoms with Gasteiger partial charge in [-0.1, -0.05) is 50.2 Å². The summed E-state index contributed by atoms with van der Waals surface area (Å²) >= 11 is 2.07. The molecule has 0 spiro atoms. The van der Waals surface area contributed by atoms with E-state index in [0.717, 1.165) is 75.3 Å². The molecule has 0 radical (unpaired) electrons. The normalized spacial score (nSPS) is 33.9. The van der Waals surface area contributed by atoms with Crippen LogP contribution in [0.25, 0.3) is 0 Å². The van der Waals surface area contributed by atoms with Crippen LogP contribution in [0.5, 0.6) is 11.5 Å². The summed E-state index contributed by atoms with van der Waals surface area (Å²) in [6.07, 6.45) is 12.8. The van der Waals surface area contributed by atoms with Crippen molar-refractivity contribution >= 4 is 46.2 Å². The fourth-order valence-electron chi connectivity index (χ4n) is 9.34. The van der Waals surface area contributed by atoms with E-state index in [0.29, 0.717) is 22.2 Å². The predicted molar refractivity (Wildman–Crippen MR) is 162 cm³/mol. The van der Waals surface area contributed by atoms with Gasteiger partial charge in [-0.05, 0) is 84.7 Å². The van der Waals surface area contributed by atoms with Crippen molar-refractivity contribution in [3.63, 3.8) is 0 Å². The van der Waals surface area contributed by atoms with Gasteiger partial charge in [-0.3, -0.25) is 29.0 Å². The smallest absolute Gasteiger partial charge is 0.234 e. The van der Waals surface area contributed by atoms with Gasteiger partial charge in [0, 0.05) is 18.0 Å². The summed E-state index contributed by atoms with van der Waals surface area (Å²) in [5.74, 6) is -2.67. The van der Waals surface area contributed by atoms with Crippen LogP contribution in [0.15, 0.2) is 23.8 Å². The number of hydrogen-bond acceptors (Lipinski definition) is 6. The minimum atomic E-state index is -0.565. The SMILES string of the molecule is COc1cc([C@H]2C3=CC[C@@H]4C(=O)N(C5CCCCC5)C(=O)[C@@H]4[C@@H]3C[C@H]3C(=O)N(C4CCCCC4)C(=O)[C@@H]23)cc(I)c1O. The van der Waals surface area contributed by atoms with Gasteiger partial charge < -0.3 is 9.84 Å². The Hall–Kier alpha value is -2.43. The van der Waals surface area contributed by atoms with Crippen molar-refractivity contribution in [1.29, 1.82) is 0 Å². The van der Waals surface area contributed by atoms with Crippen LogP contribution >= 0.6 is 22.6 Å². The maximum Gasteiger partial charge on any atom is 0.234 e. The second-order valence-corrected chi connectivity index (χ2v) is 14.4. The summed E-state index contributed by atoms with van der Waals surface area (Å²) in [7, 11) is 1.50. The van der Waals surface area contributed by atoms with Gasteiger partial charge in [-0.2, -0.15) is 0 Å². The van der Waals surface area contributed by atoms with Gasteiger partial charge in [0.1, 0.15) is 0 Å². The molecule has 3 saturated carbocycles. The molecule has 1 N–H and O–H groups in total. The fourth-order valence-corrected chi connectivity index (χ4v) is 9.96. The molecule has 2 aliphatic heterocycles. The molecule has 6 atom stereocenters. The highest BCUT2D eigenvalue weighted by Crippen LogP contribution is 2.59. The van der Waals surface area contributed by atoms with Crippen molar-refractivity contribution in [3.8, 4) is 11.5 Å². The third kappa shape index (κ3) is 4.26. The molecule has 0 unspecified atom stereocenters. The minimum Gasteiger partial charge on any atom is -0.504 e. The van der Waals surface area contributed by atoms with Crippen LogP contribution in [-0.4, -0.2) is 57.7 Å². The lowest BCUT2D eigenvalue weighted by atomic mass is 9.57. The molecule has 2 saturated heterocycles.